The molecule has 1 aliphatic rings. The molecule has 0 spiro atoms. The monoisotopic (exact) mass is 291 g/mol. The van der Waals surface area contributed by atoms with Gasteiger partial charge in [-0.3, -0.25) is 9.59 Å². The van der Waals surface area contributed by atoms with Crippen LogP contribution in [-0.2, 0) is 9.59 Å². The van der Waals surface area contributed by atoms with Crippen LogP contribution in [0.2, 0.25) is 0 Å². The lowest BCUT2D eigenvalue weighted by atomic mass is 9.83. The van der Waals surface area contributed by atoms with Gasteiger partial charge in [-0.15, -0.1) is 11.3 Å². The molecule has 0 aromatic carbocycles. The van der Waals surface area contributed by atoms with Gasteiger partial charge < -0.3 is 16.8 Å². The molecule has 1 aliphatic heterocycles. The van der Waals surface area contributed by atoms with E-state index in [2.05, 4.69) is 5.32 Å². The van der Waals surface area contributed by atoms with Crippen LogP contribution in [-0.4, -0.2) is 11.8 Å². The fourth-order valence-corrected chi connectivity index (χ4v) is 3.54. The molecule has 0 saturated heterocycles. The highest BCUT2D eigenvalue weighted by Gasteiger charge is 2.35. The van der Waals surface area contributed by atoms with Gasteiger partial charge in [-0.2, -0.15) is 0 Å². The Hall–Kier alpha value is -2.08. The molecule has 2 amide bonds. The third-order valence-electron chi connectivity index (χ3n) is 3.34. The van der Waals surface area contributed by atoms with Crippen molar-refractivity contribution in [3.63, 3.8) is 0 Å². The summed E-state index contributed by atoms with van der Waals surface area (Å²) >= 11 is 1.53. The molecule has 0 radical (unpaired) electrons. The number of carbonyl (C=O) groups is 2. The van der Waals surface area contributed by atoms with E-state index in [0.717, 1.165) is 9.75 Å². The van der Waals surface area contributed by atoms with Crippen molar-refractivity contribution in [3.05, 3.63) is 44.4 Å². The van der Waals surface area contributed by atoms with Crippen molar-refractivity contribution in [2.24, 2.45) is 11.5 Å². The van der Waals surface area contributed by atoms with Crippen LogP contribution >= 0.6 is 11.3 Å². The van der Waals surface area contributed by atoms with Crippen LogP contribution in [0.1, 0.15) is 29.5 Å². The summed E-state index contributed by atoms with van der Waals surface area (Å²) in [7, 11) is 0. The fraction of sp³-hybridized carbons (Fsp3) is 0.286. The molecule has 0 unspecified atom stereocenters. The summed E-state index contributed by atoms with van der Waals surface area (Å²) in [5, 5.41) is 3.01. The Balaban J connectivity index is 2.67. The SMILES string of the molecule is CC1=C(C(N)=O)C(c2ccc(C)s2)C(C(N)=O)=C(C)N1. The lowest BCUT2D eigenvalue weighted by molar-refractivity contribution is -0.115. The minimum Gasteiger partial charge on any atom is -0.366 e. The molecule has 0 aliphatic carbocycles. The number of nitrogens with one attached hydrogen (secondary N) is 1. The van der Waals surface area contributed by atoms with Gasteiger partial charge in [0.1, 0.15) is 0 Å². The Morgan fingerprint density at radius 3 is 1.90 bits per heavy atom. The highest BCUT2D eigenvalue weighted by Crippen LogP contribution is 2.40. The average molecular weight is 291 g/mol. The van der Waals surface area contributed by atoms with Crippen LogP contribution in [0, 0.1) is 6.92 Å². The van der Waals surface area contributed by atoms with E-state index in [1.54, 1.807) is 13.8 Å². The first-order valence-corrected chi connectivity index (χ1v) is 6.99. The number of hydrogen-bond donors (Lipinski definition) is 3. The number of dihydropyridines is 1. The summed E-state index contributed by atoms with van der Waals surface area (Å²) in [6.45, 7) is 5.51. The van der Waals surface area contributed by atoms with E-state index in [1.807, 2.05) is 19.1 Å². The number of nitrogens with two attached hydrogens (primary N) is 2. The summed E-state index contributed by atoms with van der Waals surface area (Å²) < 4.78 is 0. The van der Waals surface area contributed by atoms with Gasteiger partial charge in [0.05, 0.1) is 5.92 Å². The van der Waals surface area contributed by atoms with Gasteiger partial charge >= 0.3 is 0 Å². The zero-order valence-electron chi connectivity index (χ0n) is 11.6. The van der Waals surface area contributed by atoms with E-state index in [9.17, 15) is 9.59 Å². The molecule has 20 heavy (non-hydrogen) atoms. The molecule has 1 aromatic heterocycles. The summed E-state index contributed by atoms with van der Waals surface area (Å²) in [5.74, 6) is -1.57. The number of aryl methyl sites for hydroxylation is 1. The van der Waals surface area contributed by atoms with Crippen molar-refractivity contribution in [3.8, 4) is 0 Å². The van der Waals surface area contributed by atoms with E-state index >= 15 is 0 Å². The molecule has 0 fully saturated rings. The molecule has 2 heterocycles. The molecule has 2 rings (SSSR count). The van der Waals surface area contributed by atoms with E-state index < -0.39 is 17.7 Å². The minimum atomic E-state index is -0.544. The molecular weight excluding hydrogens is 274 g/mol. The smallest absolute Gasteiger partial charge is 0.247 e. The Morgan fingerprint density at radius 2 is 1.55 bits per heavy atom. The number of rotatable bonds is 3. The largest absolute Gasteiger partial charge is 0.366 e. The molecule has 106 valence electrons. The number of thiophene rings is 1. The first kappa shape index (κ1) is 14.3. The Labute approximate surface area is 121 Å². The zero-order chi connectivity index (χ0) is 15.0. The van der Waals surface area contributed by atoms with E-state index in [1.165, 1.54) is 11.3 Å². The van der Waals surface area contributed by atoms with E-state index in [-0.39, 0.29) is 0 Å². The third-order valence-corrected chi connectivity index (χ3v) is 4.40. The number of amides is 2. The zero-order valence-corrected chi connectivity index (χ0v) is 12.4. The lowest BCUT2D eigenvalue weighted by Gasteiger charge is -2.28. The number of carbonyl (C=O) groups excluding carboxylic acids is 2. The van der Waals surface area contributed by atoms with Crippen molar-refractivity contribution in [2.75, 3.05) is 0 Å². The topological polar surface area (TPSA) is 98.2 Å². The summed E-state index contributed by atoms with van der Waals surface area (Å²) in [5.41, 5.74) is 13.1. The fourth-order valence-electron chi connectivity index (χ4n) is 2.54. The predicted octanol–water partition coefficient (Wildman–Crippen LogP) is 1.26. The highest BCUT2D eigenvalue weighted by molar-refractivity contribution is 7.12. The van der Waals surface area contributed by atoms with Crippen molar-refractivity contribution in [1.82, 2.24) is 5.32 Å². The van der Waals surface area contributed by atoms with Crippen molar-refractivity contribution < 1.29 is 9.59 Å². The van der Waals surface area contributed by atoms with E-state index in [0.29, 0.717) is 22.5 Å². The molecule has 5 N–H and O–H groups in total. The molecular formula is C14H17N3O2S. The standard InChI is InChI=1S/C14H17N3O2S/c1-6-4-5-9(20-6)12-10(13(15)18)7(2)17-8(3)11(12)14(16)19/h4-5,12,17H,1-3H3,(H2,15,18)(H2,16,19). The summed E-state index contributed by atoms with van der Waals surface area (Å²) in [6, 6.07) is 3.85. The number of allylic oxidation sites excluding steroid dienone is 2. The van der Waals surface area contributed by atoms with Gasteiger partial charge in [0.15, 0.2) is 0 Å². The van der Waals surface area contributed by atoms with Crippen molar-refractivity contribution >= 4 is 23.2 Å². The maximum Gasteiger partial charge on any atom is 0.247 e. The maximum absolute atomic E-state index is 11.8. The van der Waals surface area contributed by atoms with Crippen LogP contribution < -0.4 is 16.8 Å². The van der Waals surface area contributed by atoms with Crippen LogP contribution in [0.4, 0.5) is 0 Å². The van der Waals surface area contributed by atoms with Crippen LogP contribution in [0.5, 0.6) is 0 Å². The van der Waals surface area contributed by atoms with Crippen molar-refractivity contribution in [2.45, 2.75) is 26.7 Å². The normalized spacial score (nSPS) is 16.4. The third kappa shape index (κ3) is 2.34. The number of primary amides is 2. The second kappa shape index (κ2) is 5.13. The molecule has 1 aromatic rings. The maximum atomic E-state index is 11.8. The Bertz CT molecular complexity index is 619. The lowest BCUT2D eigenvalue weighted by Crippen LogP contribution is -2.35. The molecule has 0 saturated carbocycles. The van der Waals surface area contributed by atoms with Crippen molar-refractivity contribution in [1.29, 1.82) is 0 Å². The second-order valence-corrected chi connectivity index (χ2v) is 6.13. The second-order valence-electron chi connectivity index (χ2n) is 4.81. The van der Waals surface area contributed by atoms with Crippen LogP contribution in [0.15, 0.2) is 34.7 Å². The highest BCUT2D eigenvalue weighted by atomic mass is 32.1. The predicted molar refractivity (Wildman–Crippen MR) is 78.7 cm³/mol. The molecule has 6 heteroatoms. The van der Waals surface area contributed by atoms with Gasteiger partial charge in [0, 0.05) is 32.3 Å². The summed E-state index contributed by atoms with van der Waals surface area (Å²) in [4.78, 5) is 25.6. The quantitative estimate of drug-likeness (QED) is 0.782. The van der Waals surface area contributed by atoms with Crippen LogP contribution in [0.25, 0.3) is 0 Å². The van der Waals surface area contributed by atoms with Gasteiger partial charge in [-0.05, 0) is 32.9 Å². The van der Waals surface area contributed by atoms with Gasteiger partial charge in [0.25, 0.3) is 0 Å². The van der Waals surface area contributed by atoms with Gasteiger partial charge in [-0.25, -0.2) is 0 Å². The minimum absolute atomic E-state index is 0.395. The van der Waals surface area contributed by atoms with Crippen LogP contribution in [0.3, 0.4) is 0 Å². The summed E-state index contributed by atoms with van der Waals surface area (Å²) in [6.07, 6.45) is 0. The molecule has 0 atom stereocenters. The first-order valence-electron chi connectivity index (χ1n) is 6.17. The van der Waals surface area contributed by atoms with Gasteiger partial charge in [-0.1, -0.05) is 0 Å². The first-order chi connectivity index (χ1) is 9.32. The Kier molecular flexibility index (Phi) is 3.67. The van der Waals surface area contributed by atoms with E-state index in [4.69, 9.17) is 11.5 Å². The number of hydrogen-bond acceptors (Lipinski definition) is 4. The van der Waals surface area contributed by atoms with Gasteiger partial charge in [0.2, 0.25) is 11.8 Å². The molecule has 5 nitrogen and oxygen atoms in total. The molecule has 0 bridgehead atoms. The Morgan fingerprint density at radius 1 is 1.05 bits per heavy atom. The average Bonchev–Trinajstić information content (AvgIpc) is 2.73.